The van der Waals surface area contributed by atoms with Crippen LogP contribution in [0.1, 0.15) is 23.7 Å². The smallest absolute Gasteiger partial charge is 0.321 e. The van der Waals surface area contributed by atoms with Gasteiger partial charge in [-0.1, -0.05) is 30.9 Å². The van der Waals surface area contributed by atoms with E-state index in [4.69, 9.17) is 4.74 Å². The predicted molar refractivity (Wildman–Crippen MR) is 76.4 cm³/mol. The molecule has 1 unspecified atom stereocenters. The number of benzene rings is 1. The van der Waals surface area contributed by atoms with Gasteiger partial charge in [0.2, 0.25) is 5.91 Å². The number of hydrogen-bond donors (Lipinski definition) is 0. The van der Waals surface area contributed by atoms with Crippen LogP contribution < -0.4 is 0 Å². The molecule has 0 N–H and O–H groups in total. The summed E-state index contributed by atoms with van der Waals surface area (Å²) in [7, 11) is 0. The minimum atomic E-state index is -1.30. The van der Waals surface area contributed by atoms with E-state index in [9.17, 15) is 14.4 Å². The Morgan fingerprint density at radius 1 is 1.38 bits per heavy atom. The highest BCUT2D eigenvalue weighted by molar-refractivity contribution is 6.13. The van der Waals surface area contributed by atoms with Crippen molar-refractivity contribution in [2.75, 3.05) is 13.2 Å². The second-order valence-corrected chi connectivity index (χ2v) is 5.10. The zero-order valence-corrected chi connectivity index (χ0v) is 11.9. The Morgan fingerprint density at radius 2 is 2.05 bits per heavy atom. The van der Waals surface area contributed by atoms with Crippen LogP contribution in [0.5, 0.6) is 0 Å². The first-order valence-electron chi connectivity index (χ1n) is 6.70. The molecule has 110 valence electrons. The van der Waals surface area contributed by atoms with Gasteiger partial charge in [-0.3, -0.25) is 19.3 Å². The van der Waals surface area contributed by atoms with E-state index in [1.165, 1.54) is 13.0 Å². The highest BCUT2D eigenvalue weighted by Crippen LogP contribution is 2.33. The Morgan fingerprint density at radius 3 is 2.67 bits per heavy atom. The molecule has 2 amide bonds. The van der Waals surface area contributed by atoms with Crippen LogP contribution in [0.3, 0.4) is 0 Å². The Kier molecular flexibility index (Phi) is 4.21. The third-order valence-electron chi connectivity index (χ3n) is 3.60. The highest BCUT2D eigenvalue weighted by atomic mass is 16.5. The number of amides is 2. The first-order valence-corrected chi connectivity index (χ1v) is 6.70. The van der Waals surface area contributed by atoms with Crippen molar-refractivity contribution in [2.45, 2.75) is 13.3 Å². The summed E-state index contributed by atoms with van der Waals surface area (Å²) >= 11 is 0. The van der Waals surface area contributed by atoms with E-state index in [-0.39, 0.29) is 25.5 Å². The van der Waals surface area contributed by atoms with E-state index >= 15 is 0 Å². The summed E-state index contributed by atoms with van der Waals surface area (Å²) in [5.41, 5.74) is -0.873. The van der Waals surface area contributed by atoms with Gasteiger partial charge in [0, 0.05) is 12.1 Å². The number of rotatable bonds is 4. The summed E-state index contributed by atoms with van der Waals surface area (Å²) in [6, 6.07) is 8.53. The standard InChI is InChI=1S/C16H17NO4/c1-3-11-21-15(20)16(2)9-10-17(14(16)19)13(18)12-7-5-4-6-8-12/h3-8H,1,9-11H2,2H3. The molecule has 0 aliphatic carbocycles. The van der Waals surface area contributed by atoms with Gasteiger partial charge in [0.05, 0.1) is 0 Å². The maximum absolute atomic E-state index is 12.4. The van der Waals surface area contributed by atoms with Crippen LogP contribution in [-0.2, 0) is 14.3 Å². The number of ether oxygens (including phenoxy) is 1. The molecule has 1 aromatic carbocycles. The van der Waals surface area contributed by atoms with Crippen molar-refractivity contribution in [3.05, 3.63) is 48.6 Å². The van der Waals surface area contributed by atoms with Crippen LogP contribution in [0.4, 0.5) is 0 Å². The Hall–Kier alpha value is -2.43. The fourth-order valence-electron chi connectivity index (χ4n) is 2.26. The molecule has 1 fully saturated rings. The summed E-state index contributed by atoms with van der Waals surface area (Å²) in [6.07, 6.45) is 1.70. The SMILES string of the molecule is C=CCOC(=O)C1(C)CCN(C(=O)c2ccccc2)C1=O. The highest BCUT2D eigenvalue weighted by Gasteiger charge is 2.51. The minimum Gasteiger partial charge on any atom is -0.461 e. The molecule has 0 spiro atoms. The van der Waals surface area contributed by atoms with E-state index in [0.29, 0.717) is 5.56 Å². The topological polar surface area (TPSA) is 63.7 Å². The molecule has 5 nitrogen and oxygen atoms in total. The third kappa shape index (κ3) is 2.72. The first kappa shape index (κ1) is 15.0. The minimum absolute atomic E-state index is 0.0499. The van der Waals surface area contributed by atoms with E-state index in [2.05, 4.69) is 6.58 Å². The van der Waals surface area contributed by atoms with Crippen molar-refractivity contribution < 1.29 is 19.1 Å². The van der Waals surface area contributed by atoms with Gasteiger partial charge in [-0.25, -0.2) is 0 Å². The molecule has 21 heavy (non-hydrogen) atoms. The summed E-state index contributed by atoms with van der Waals surface area (Å²) in [5.74, 6) is -1.51. The third-order valence-corrected chi connectivity index (χ3v) is 3.60. The number of nitrogens with zero attached hydrogens (tertiary/aromatic N) is 1. The number of imide groups is 1. The zero-order valence-electron chi connectivity index (χ0n) is 11.9. The van der Waals surface area contributed by atoms with Crippen LogP contribution >= 0.6 is 0 Å². The number of carbonyl (C=O) groups is 3. The molecule has 0 aromatic heterocycles. The van der Waals surface area contributed by atoms with Crippen LogP contribution in [0, 0.1) is 5.41 Å². The molecular weight excluding hydrogens is 270 g/mol. The van der Waals surface area contributed by atoms with E-state index in [1.807, 2.05) is 0 Å². The lowest BCUT2D eigenvalue weighted by atomic mass is 9.89. The van der Waals surface area contributed by atoms with Gasteiger partial charge in [0.1, 0.15) is 12.0 Å². The molecule has 0 saturated carbocycles. The van der Waals surface area contributed by atoms with Crippen molar-refractivity contribution in [1.82, 2.24) is 4.90 Å². The summed E-state index contributed by atoms with van der Waals surface area (Å²) in [6.45, 7) is 5.23. The van der Waals surface area contributed by atoms with Gasteiger partial charge in [-0.15, -0.1) is 0 Å². The average molecular weight is 287 g/mol. The van der Waals surface area contributed by atoms with Crippen molar-refractivity contribution >= 4 is 17.8 Å². The average Bonchev–Trinajstić information content (AvgIpc) is 2.82. The molecule has 2 rings (SSSR count). The van der Waals surface area contributed by atoms with Gasteiger partial charge in [-0.05, 0) is 25.5 Å². The van der Waals surface area contributed by atoms with Crippen molar-refractivity contribution in [3.8, 4) is 0 Å². The first-order chi connectivity index (χ1) is 10.0. The van der Waals surface area contributed by atoms with E-state index in [0.717, 1.165) is 4.90 Å². The summed E-state index contributed by atoms with van der Waals surface area (Å²) in [5, 5.41) is 0. The van der Waals surface area contributed by atoms with Crippen LogP contribution in [-0.4, -0.2) is 35.8 Å². The lowest BCUT2D eigenvalue weighted by Gasteiger charge is -2.20. The predicted octanol–water partition coefficient (Wildman–Crippen LogP) is 1.79. The molecular formula is C16H17NO4. The second-order valence-electron chi connectivity index (χ2n) is 5.10. The maximum Gasteiger partial charge on any atom is 0.321 e. The van der Waals surface area contributed by atoms with E-state index in [1.54, 1.807) is 30.3 Å². The monoisotopic (exact) mass is 287 g/mol. The molecule has 0 radical (unpaired) electrons. The van der Waals surface area contributed by atoms with E-state index < -0.39 is 17.3 Å². The fourth-order valence-corrected chi connectivity index (χ4v) is 2.26. The maximum atomic E-state index is 12.4. The molecule has 1 atom stereocenters. The summed E-state index contributed by atoms with van der Waals surface area (Å²) in [4.78, 5) is 37.9. The molecule has 1 aliphatic heterocycles. The molecule has 0 bridgehead atoms. The Labute approximate surface area is 123 Å². The van der Waals surface area contributed by atoms with Gasteiger partial charge in [-0.2, -0.15) is 0 Å². The van der Waals surface area contributed by atoms with Crippen molar-refractivity contribution in [1.29, 1.82) is 0 Å². The zero-order chi connectivity index (χ0) is 15.5. The number of likely N-dealkylation sites (tertiary alicyclic amines) is 1. The normalized spacial score (nSPS) is 21.2. The quantitative estimate of drug-likeness (QED) is 0.366. The van der Waals surface area contributed by atoms with Crippen molar-refractivity contribution in [2.24, 2.45) is 5.41 Å². The summed E-state index contributed by atoms with van der Waals surface area (Å²) < 4.78 is 4.97. The fraction of sp³-hybridized carbons (Fsp3) is 0.312. The molecule has 1 saturated heterocycles. The lowest BCUT2D eigenvalue weighted by Crippen LogP contribution is -2.41. The van der Waals surface area contributed by atoms with Gasteiger partial charge >= 0.3 is 5.97 Å². The number of hydrogen-bond acceptors (Lipinski definition) is 4. The van der Waals surface area contributed by atoms with Gasteiger partial charge < -0.3 is 4.74 Å². The molecule has 5 heteroatoms. The van der Waals surface area contributed by atoms with Gasteiger partial charge in [0.15, 0.2) is 0 Å². The number of carbonyl (C=O) groups excluding carboxylic acids is 3. The Balaban J connectivity index is 2.16. The Bertz CT molecular complexity index is 581. The van der Waals surface area contributed by atoms with Gasteiger partial charge in [0.25, 0.3) is 5.91 Å². The van der Waals surface area contributed by atoms with Crippen LogP contribution in [0.25, 0.3) is 0 Å². The molecule has 1 heterocycles. The van der Waals surface area contributed by atoms with Crippen molar-refractivity contribution in [3.63, 3.8) is 0 Å². The van der Waals surface area contributed by atoms with Crippen LogP contribution in [0.2, 0.25) is 0 Å². The largest absolute Gasteiger partial charge is 0.461 e. The van der Waals surface area contributed by atoms with Crippen LogP contribution in [0.15, 0.2) is 43.0 Å². The second kappa shape index (κ2) is 5.91. The lowest BCUT2D eigenvalue weighted by molar-refractivity contribution is -0.158. The molecule has 1 aromatic rings. The molecule has 1 aliphatic rings. The number of esters is 1.